The Bertz CT molecular complexity index is 573. The molecule has 1 heterocycles. The van der Waals surface area contributed by atoms with Crippen molar-refractivity contribution < 1.29 is 4.74 Å². The van der Waals surface area contributed by atoms with Crippen LogP contribution in [-0.2, 0) is 11.3 Å². The third kappa shape index (κ3) is 5.45. The highest BCUT2D eigenvalue weighted by molar-refractivity contribution is 5.80. The monoisotopic (exact) mass is 358 g/mol. The van der Waals surface area contributed by atoms with Crippen molar-refractivity contribution in [3.63, 3.8) is 0 Å². The van der Waals surface area contributed by atoms with Gasteiger partial charge in [-0.15, -0.1) is 0 Å². The van der Waals surface area contributed by atoms with E-state index in [1.807, 2.05) is 13.1 Å². The SMILES string of the molecule is CN=C(NCC(C)N(C)C1CC1)N1CCC(COCc2ccccc2)C1. The minimum atomic E-state index is 0.534. The molecule has 3 rings (SSSR count). The van der Waals surface area contributed by atoms with E-state index in [1.54, 1.807) is 0 Å². The summed E-state index contributed by atoms with van der Waals surface area (Å²) in [5, 5.41) is 3.57. The zero-order valence-corrected chi connectivity index (χ0v) is 16.5. The summed E-state index contributed by atoms with van der Waals surface area (Å²) in [5.41, 5.74) is 1.24. The molecule has 1 saturated carbocycles. The van der Waals surface area contributed by atoms with Crippen LogP contribution in [0.3, 0.4) is 0 Å². The lowest BCUT2D eigenvalue weighted by molar-refractivity contribution is 0.0906. The number of hydrogen-bond acceptors (Lipinski definition) is 3. The van der Waals surface area contributed by atoms with Crippen molar-refractivity contribution in [2.75, 3.05) is 40.3 Å². The van der Waals surface area contributed by atoms with Gasteiger partial charge < -0.3 is 15.0 Å². The lowest BCUT2D eigenvalue weighted by Crippen LogP contribution is -2.46. The first-order valence-corrected chi connectivity index (χ1v) is 9.96. The van der Waals surface area contributed by atoms with Crippen molar-refractivity contribution in [3.8, 4) is 0 Å². The third-order valence-corrected chi connectivity index (χ3v) is 5.64. The number of rotatable bonds is 8. The molecule has 5 nitrogen and oxygen atoms in total. The lowest BCUT2D eigenvalue weighted by atomic mass is 10.1. The van der Waals surface area contributed by atoms with Crippen LogP contribution in [0.5, 0.6) is 0 Å². The van der Waals surface area contributed by atoms with Crippen molar-refractivity contribution >= 4 is 5.96 Å². The predicted molar refractivity (Wildman–Crippen MR) is 107 cm³/mol. The summed E-state index contributed by atoms with van der Waals surface area (Å²) < 4.78 is 5.93. The van der Waals surface area contributed by atoms with Crippen molar-refractivity contribution in [1.29, 1.82) is 0 Å². The quantitative estimate of drug-likeness (QED) is 0.573. The number of likely N-dealkylation sites (tertiary alicyclic amines) is 1. The van der Waals surface area contributed by atoms with Gasteiger partial charge in [0.25, 0.3) is 0 Å². The zero-order valence-electron chi connectivity index (χ0n) is 16.5. The molecule has 2 aliphatic rings. The van der Waals surface area contributed by atoms with Crippen molar-refractivity contribution in [2.45, 2.75) is 44.9 Å². The Hall–Kier alpha value is -1.59. The number of benzene rings is 1. The molecule has 2 fully saturated rings. The summed E-state index contributed by atoms with van der Waals surface area (Å²) in [6, 6.07) is 11.7. The molecule has 1 saturated heterocycles. The second-order valence-corrected chi connectivity index (χ2v) is 7.78. The number of nitrogens with zero attached hydrogens (tertiary/aromatic N) is 3. The molecule has 144 valence electrons. The van der Waals surface area contributed by atoms with Crippen molar-refractivity contribution in [1.82, 2.24) is 15.1 Å². The highest BCUT2D eigenvalue weighted by Gasteiger charge is 2.30. The molecule has 5 heteroatoms. The van der Waals surface area contributed by atoms with Crippen LogP contribution in [0.25, 0.3) is 0 Å². The minimum absolute atomic E-state index is 0.534. The standard InChI is InChI=1S/C21H34N4O/c1-17(24(3)20-9-10-20)13-23-21(22-2)25-12-11-19(14-25)16-26-15-18-7-5-4-6-8-18/h4-8,17,19-20H,9-16H2,1-3H3,(H,22,23). The summed E-state index contributed by atoms with van der Waals surface area (Å²) in [5.74, 6) is 1.62. The van der Waals surface area contributed by atoms with Gasteiger partial charge in [-0.1, -0.05) is 30.3 Å². The molecule has 0 radical (unpaired) electrons. The van der Waals surface area contributed by atoms with Crippen LogP contribution in [0, 0.1) is 5.92 Å². The van der Waals surface area contributed by atoms with Crippen LogP contribution in [-0.4, -0.2) is 68.2 Å². The Labute approximate surface area is 158 Å². The molecule has 0 amide bonds. The summed E-state index contributed by atoms with van der Waals surface area (Å²) in [6.45, 7) is 6.86. The van der Waals surface area contributed by atoms with E-state index in [0.717, 1.165) is 38.2 Å². The van der Waals surface area contributed by atoms with Crippen LogP contribution in [0.4, 0.5) is 0 Å². The second kappa shape index (κ2) is 9.38. The fraction of sp³-hybridized carbons (Fsp3) is 0.667. The zero-order chi connectivity index (χ0) is 18.4. The summed E-state index contributed by atoms with van der Waals surface area (Å²) in [4.78, 5) is 9.36. The highest BCUT2D eigenvalue weighted by atomic mass is 16.5. The molecular formula is C21H34N4O. The van der Waals surface area contributed by atoms with Gasteiger partial charge in [-0.05, 0) is 38.8 Å². The first kappa shape index (κ1) is 19.2. The molecule has 1 aromatic rings. The summed E-state index contributed by atoms with van der Waals surface area (Å²) in [6.07, 6.45) is 3.88. The van der Waals surface area contributed by atoms with Crippen LogP contribution in [0.2, 0.25) is 0 Å². The maximum atomic E-state index is 5.93. The fourth-order valence-corrected chi connectivity index (χ4v) is 3.64. The van der Waals surface area contributed by atoms with Gasteiger partial charge in [-0.2, -0.15) is 0 Å². The van der Waals surface area contributed by atoms with Gasteiger partial charge in [0.05, 0.1) is 13.2 Å². The molecule has 1 aromatic carbocycles. The predicted octanol–water partition coefficient (Wildman–Crippen LogP) is 2.58. The number of aliphatic imine (C=N–C) groups is 1. The van der Waals surface area contributed by atoms with E-state index >= 15 is 0 Å². The Morgan fingerprint density at radius 2 is 2.08 bits per heavy atom. The normalized spacial score (nSPS) is 22.1. The highest BCUT2D eigenvalue weighted by Crippen LogP contribution is 2.26. The first-order chi connectivity index (χ1) is 12.7. The Morgan fingerprint density at radius 1 is 1.31 bits per heavy atom. The van der Waals surface area contributed by atoms with E-state index in [0.29, 0.717) is 18.6 Å². The largest absolute Gasteiger partial charge is 0.376 e. The van der Waals surface area contributed by atoms with E-state index in [9.17, 15) is 0 Å². The first-order valence-electron chi connectivity index (χ1n) is 9.96. The van der Waals surface area contributed by atoms with Crippen molar-refractivity contribution in [3.05, 3.63) is 35.9 Å². The maximum absolute atomic E-state index is 5.93. The number of guanidine groups is 1. The minimum Gasteiger partial charge on any atom is -0.376 e. The summed E-state index contributed by atoms with van der Waals surface area (Å²) in [7, 11) is 4.12. The maximum Gasteiger partial charge on any atom is 0.193 e. The van der Waals surface area contributed by atoms with E-state index in [1.165, 1.54) is 24.8 Å². The van der Waals surface area contributed by atoms with Crippen LogP contribution in [0.15, 0.2) is 35.3 Å². The lowest BCUT2D eigenvalue weighted by Gasteiger charge is -2.28. The van der Waals surface area contributed by atoms with Crippen LogP contribution < -0.4 is 5.32 Å². The number of likely N-dealkylation sites (N-methyl/N-ethyl adjacent to an activating group) is 1. The average Bonchev–Trinajstić information content (AvgIpc) is 3.42. The van der Waals surface area contributed by atoms with Crippen LogP contribution in [0.1, 0.15) is 31.7 Å². The second-order valence-electron chi connectivity index (χ2n) is 7.78. The van der Waals surface area contributed by atoms with Gasteiger partial charge in [-0.3, -0.25) is 9.89 Å². The van der Waals surface area contributed by atoms with Crippen molar-refractivity contribution in [2.24, 2.45) is 10.9 Å². The molecule has 2 atom stereocenters. The van der Waals surface area contributed by atoms with E-state index < -0.39 is 0 Å². The summed E-state index contributed by atoms with van der Waals surface area (Å²) >= 11 is 0. The third-order valence-electron chi connectivity index (χ3n) is 5.64. The molecule has 0 spiro atoms. The van der Waals surface area contributed by atoms with Crippen LogP contribution >= 0.6 is 0 Å². The molecule has 26 heavy (non-hydrogen) atoms. The average molecular weight is 359 g/mol. The Kier molecular flexibility index (Phi) is 6.92. The Balaban J connectivity index is 1.37. The molecule has 0 bridgehead atoms. The Morgan fingerprint density at radius 3 is 2.77 bits per heavy atom. The smallest absolute Gasteiger partial charge is 0.193 e. The molecule has 2 unspecified atom stereocenters. The van der Waals surface area contributed by atoms with Gasteiger partial charge in [0.2, 0.25) is 0 Å². The van der Waals surface area contributed by atoms with E-state index in [-0.39, 0.29) is 0 Å². The van der Waals surface area contributed by atoms with Gasteiger partial charge >= 0.3 is 0 Å². The number of nitrogens with one attached hydrogen (secondary N) is 1. The van der Waals surface area contributed by atoms with E-state index in [2.05, 4.69) is 58.3 Å². The topological polar surface area (TPSA) is 40.1 Å². The van der Waals surface area contributed by atoms with E-state index in [4.69, 9.17) is 4.74 Å². The van der Waals surface area contributed by atoms with Gasteiger partial charge in [-0.25, -0.2) is 0 Å². The number of ether oxygens (including phenoxy) is 1. The van der Waals surface area contributed by atoms with Gasteiger partial charge in [0, 0.05) is 44.7 Å². The molecular weight excluding hydrogens is 324 g/mol. The van der Waals surface area contributed by atoms with Gasteiger partial charge in [0.15, 0.2) is 5.96 Å². The van der Waals surface area contributed by atoms with Gasteiger partial charge in [0.1, 0.15) is 0 Å². The number of hydrogen-bond donors (Lipinski definition) is 1. The molecule has 1 aliphatic carbocycles. The molecule has 0 aromatic heterocycles. The molecule has 1 N–H and O–H groups in total. The fourth-order valence-electron chi connectivity index (χ4n) is 3.64. The molecule has 1 aliphatic heterocycles.